The van der Waals surface area contributed by atoms with Gasteiger partial charge in [0.05, 0.1) is 17.9 Å². The zero-order chi connectivity index (χ0) is 16.1. The van der Waals surface area contributed by atoms with E-state index in [2.05, 4.69) is 5.32 Å². The number of anilines is 1. The minimum Gasteiger partial charge on any atom is -0.506 e. The predicted molar refractivity (Wildman–Crippen MR) is 78.4 cm³/mol. The quantitative estimate of drug-likeness (QED) is 0.672. The van der Waals surface area contributed by atoms with Crippen molar-refractivity contribution in [2.45, 2.75) is 6.92 Å². The first-order chi connectivity index (χ1) is 10.5. The number of halogens is 1. The molecule has 0 saturated carbocycles. The molecule has 0 aromatic heterocycles. The summed E-state index contributed by atoms with van der Waals surface area (Å²) in [6.45, 7) is 1.90. The summed E-state index contributed by atoms with van der Waals surface area (Å²) in [5.41, 5.74) is 0.566. The van der Waals surface area contributed by atoms with Crippen molar-refractivity contribution in [2.24, 2.45) is 0 Å². The van der Waals surface area contributed by atoms with Crippen molar-refractivity contribution < 1.29 is 23.8 Å². The molecule has 1 amide bonds. The second kappa shape index (κ2) is 6.71. The van der Waals surface area contributed by atoms with Gasteiger partial charge < -0.3 is 15.2 Å². The molecule has 2 N–H and O–H groups in total. The van der Waals surface area contributed by atoms with E-state index in [4.69, 9.17) is 4.74 Å². The Balaban J connectivity index is 2.14. The molecule has 0 heterocycles. The lowest BCUT2D eigenvalue weighted by Crippen LogP contribution is -2.12. The molecule has 0 aliphatic heterocycles. The first-order valence-corrected chi connectivity index (χ1v) is 6.58. The van der Waals surface area contributed by atoms with Gasteiger partial charge in [-0.05, 0) is 49.4 Å². The van der Waals surface area contributed by atoms with Gasteiger partial charge in [-0.2, -0.15) is 0 Å². The van der Waals surface area contributed by atoms with Gasteiger partial charge >= 0.3 is 5.97 Å². The van der Waals surface area contributed by atoms with Gasteiger partial charge in [0.25, 0.3) is 5.91 Å². The molecule has 0 fully saturated rings. The number of aromatic hydroxyl groups is 1. The zero-order valence-corrected chi connectivity index (χ0v) is 11.8. The van der Waals surface area contributed by atoms with E-state index in [0.717, 1.165) is 0 Å². The summed E-state index contributed by atoms with van der Waals surface area (Å²) in [4.78, 5) is 23.5. The van der Waals surface area contributed by atoms with Crippen LogP contribution in [0.1, 0.15) is 27.6 Å². The molecule has 0 saturated heterocycles. The number of hydrogen-bond donors (Lipinski definition) is 2. The van der Waals surface area contributed by atoms with Crippen molar-refractivity contribution in [3.63, 3.8) is 0 Å². The van der Waals surface area contributed by atoms with Gasteiger partial charge in [0.15, 0.2) is 0 Å². The zero-order valence-electron chi connectivity index (χ0n) is 11.8. The third kappa shape index (κ3) is 3.60. The fourth-order valence-corrected chi connectivity index (χ4v) is 1.77. The van der Waals surface area contributed by atoms with Gasteiger partial charge in [0, 0.05) is 5.56 Å². The van der Waals surface area contributed by atoms with Gasteiger partial charge in [0.2, 0.25) is 0 Å². The van der Waals surface area contributed by atoms with Crippen molar-refractivity contribution in [1.82, 2.24) is 0 Å². The average molecular weight is 303 g/mol. The molecule has 5 nitrogen and oxygen atoms in total. The first kappa shape index (κ1) is 15.5. The summed E-state index contributed by atoms with van der Waals surface area (Å²) in [7, 11) is 0. The van der Waals surface area contributed by atoms with Crippen molar-refractivity contribution in [1.29, 1.82) is 0 Å². The maximum atomic E-state index is 12.8. The highest BCUT2D eigenvalue weighted by Gasteiger charge is 2.12. The number of nitrogens with one attached hydrogen (secondary N) is 1. The molecule has 0 aliphatic carbocycles. The number of rotatable bonds is 4. The Morgan fingerprint density at radius 3 is 2.36 bits per heavy atom. The Labute approximate surface area is 126 Å². The first-order valence-electron chi connectivity index (χ1n) is 6.58. The Morgan fingerprint density at radius 2 is 1.77 bits per heavy atom. The highest BCUT2D eigenvalue weighted by molar-refractivity contribution is 6.05. The number of esters is 1. The number of hydrogen-bond acceptors (Lipinski definition) is 4. The minimum absolute atomic E-state index is 0.141. The molecule has 0 spiro atoms. The third-order valence-electron chi connectivity index (χ3n) is 2.86. The monoisotopic (exact) mass is 303 g/mol. The molecule has 2 aromatic carbocycles. The standard InChI is InChI=1S/C16H14FNO4/c1-2-22-16(21)11-5-8-13(14(19)9-11)18-15(20)10-3-6-12(17)7-4-10/h3-9,19H,2H2,1H3,(H,18,20). The molecule has 0 bridgehead atoms. The van der Waals surface area contributed by atoms with Gasteiger partial charge in [-0.15, -0.1) is 0 Å². The van der Waals surface area contributed by atoms with Gasteiger partial charge in [-0.1, -0.05) is 0 Å². The van der Waals surface area contributed by atoms with Crippen LogP contribution < -0.4 is 5.32 Å². The van der Waals surface area contributed by atoms with E-state index < -0.39 is 17.7 Å². The SMILES string of the molecule is CCOC(=O)c1ccc(NC(=O)c2ccc(F)cc2)c(O)c1. The van der Waals surface area contributed by atoms with Crippen LogP contribution in [0.15, 0.2) is 42.5 Å². The maximum Gasteiger partial charge on any atom is 0.338 e. The van der Waals surface area contributed by atoms with Crippen LogP contribution >= 0.6 is 0 Å². The number of ether oxygens (including phenoxy) is 1. The number of benzene rings is 2. The Morgan fingerprint density at radius 1 is 1.14 bits per heavy atom. The van der Waals surface area contributed by atoms with Crippen LogP contribution in [0.4, 0.5) is 10.1 Å². The molecule has 0 unspecified atom stereocenters. The maximum absolute atomic E-state index is 12.8. The summed E-state index contributed by atoms with van der Waals surface area (Å²) < 4.78 is 17.6. The summed E-state index contributed by atoms with van der Waals surface area (Å²) in [5.74, 6) is -1.77. The summed E-state index contributed by atoms with van der Waals surface area (Å²) in [5, 5.41) is 12.3. The van der Waals surface area contributed by atoms with Crippen LogP contribution in [0, 0.1) is 5.82 Å². The molecule has 0 radical (unpaired) electrons. The number of phenolic OH excluding ortho intramolecular Hbond substituents is 1. The Kier molecular flexibility index (Phi) is 4.73. The highest BCUT2D eigenvalue weighted by Crippen LogP contribution is 2.25. The molecule has 0 aliphatic rings. The molecule has 114 valence electrons. The average Bonchev–Trinajstić information content (AvgIpc) is 2.50. The van der Waals surface area contributed by atoms with Crippen molar-refractivity contribution in [3.05, 3.63) is 59.4 Å². The summed E-state index contributed by atoms with van der Waals surface area (Å²) >= 11 is 0. The molecular weight excluding hydrogens is 289 g/mol. The van der Waals surface area contributed by atoms with Crippen LogP contribution in [-0.2, 0) is 4.74 Å². The fourth-order valence-electron chi connectivity index (χ4n) is 1.77. The van der Waals surface area contributed by atoms with E-state index >= 15 is 0 Å². The molecule has 2 rings (SSSR count). The minimum atomic E-state index is -0.561. The van der Waals surface area contributed by atoms with Crippen LogP contribution in [0.2, 0.25) is 0 Å². The van der Waals surface area contributed by atoms with Gasteiger partial charge in [-0.3, -0.25) is 4.79 Å². The van der Waals surface area contributed by atoms with Crippen molar-refractivity contribution in [3.8, 4) is 5.75 Å². The number of phenols is 1. The number of carbonyl (C=O) groups is 2. The third-order valence-corrected chi connectivity index (χ3v) is 2.86. The number of carbonyl (C=O) groups excluding carboxylic acids is 2. The lowest BCUT2D eigenvalue weighted by molar-refractivity contribution is 0.0526. The molecule has 22 heavy (non-hydrogen) atoms. The van der Waals surface area contributed by atoms with Crippen LogP contribution in [0.3, 0.4) is 0 Å². The van der Waals surface area contributed by atoms with Crippen molar-refractivity contribution >= 4 is 17.6 Å². The fraction of sp³-hybridized carbons (Fsp3) is 0.125. The highest BCUT2D eigenvalue weighted by atomic mass is 19.1. The van der Waals surface area contributed by atoms with Crippen LogP contribution in [0.25, 0.3) is 0 Å². The van der Waals surface area contributed by atoms with E-state index in [1.807, 2.05) is 0 Å². The van der Waals surface area contributed by atoms with Gasteiger partial charge in [0.1, 0.15) is 11.6 Å². The Hall–Kier alpha value is -2.89. The van der Waals surface area contributed by atoms with Crippen molar-refractivity contribution in [2.75, 3.05) is 11.9 Å². The van der Waals surface area contributed by atoms with Crippen LogP contribution in [0.5, 0.6) is 5.75 Å². The number of amides is 1. The van der Waals surface area contributed by atoms with E-state index in [-0.39, 0.29) is 29.2 Å². The van der Waals surface area contributed by atoms with E-state index in [9.17, 15) is 19.1 Å². The second-order valence-electron chi connectivity index (χ2n) is 4.41. The topological polar surface area (TPSA) is 75.6 Å². The Bertz CT molecular complexity index is 698. The normalized spacial score (nSPS) is 10.1. The molecular formula is C16H14FNO4. The van der Waals surface area contributed by atoms with Gasteiger partial charge in [-0.25, -0.2) is 9.18 Å². The molecule has 0 atom stereocenters. The van der Waals surface area contributed by atoms with E-state index in [1.165, 1.54) is 42.5 Å². The van der Waals surface area contributed by atoms with Crippen LogP contribution in [-0.4, -0.2) is 23.6 Å². The largest absolute Gasteiger partial charge is 0.506 e. The molecule has 6 heteroatoms. The lowest BCUT2D eigenvalue weighted by Gasteiger charge is -2.09. The smallest absolute Gasteiger partial charge is 0.338 e. The summed E-state index contributed by atoms with van der Waals surface area (Å²) in [6.07, 6.45) is 0. The van der Waals surface area contributed by atoms with E-state index in [0.29, 0.717) is 0 Å². The summed E-state index contributed by atoms with van der Waals surface area (Å²) in [6, 6.07) is 9.01. The lowest BCUT2D eigenvalue weighted by atomic mass is 10.1. The molecule has 2 aromatic rings. The van der Waals surface area contributed by atoms with E-state index in [1.54, 1.807) is 6.92 Å². The second-order valence-corrected chi connectivity index (χ2v) is 4.41. The predicted octanol–water partition coefficient (Wildman–Crippen LogP) is 2.96.